The van der Waals surface area contributed by atoms with Crippen molar-refractivity contribution in [1.82, 2.24) is 19.5 Å². The zero-order valence-electron chi connectivity index (χ0n) is 14.0. The number of carbonyl (C=O) groups is 1. The molecule has 2 N–H and O–H groups in total. The molecule has 0 aliphatic carbocycles. The van der Waals surface area contributed by atoms with Crippen molar-refractivity contribution in [1.29, 1.82) is 0 Å². The fourth-order valence-corrected chi connectivity index (χ4v) is 3.52. The highest BCUT2D eigenvalue weighted by Gasteiger charge is 2.17. The van der Waals surface area contributed by atoms with Gasteiger partial charge in [-0.3, -0.25) is 10.1 Å². The van der Waals surface area contributed by atoms with Crippen LogP contribution in [0.2, 0.25) is 0 Å². The monoisotopic (exact) mass is 352 g/mol. The van der Waals surface area contributed by atoms with Crippen LogP contribution >= 0.6 is 11.3 Å². The molecule has 7 nitrogen and oxygen atoms in total. The molecule has 0 aliphatic heterocycles. The molecule has 0 saturated carbocycles. The number of hydrogen-bond acceptors (Lipinski definition) is 6. The molecule has 0 atom stereocenters. The first-order valence-electron chi connectivity index (χ1n) is 7.74. The number of rotatable bonds is 3. The Bertz CT molecular complexity index is 1100. The number of aromatic nitrogens is 4. The minimum Gasteiger partial charge on any atom is -0.371 e. The summed E-state index contributed by atoms with van der Waals surface area (Å²) < 4.78 is 1.91. The van der Waals surface area contributed by atoms with Crippen molar-refractivity contribution in [3.8, 4) is 0 Å². The minimum atomic E-state index is -0.186. The highest BCUT2D eigenvalue weighted by Crippen LogP contribution is 2.33. The van der Waals surface area contributed by atoms with E-state index in [1.165, 1.54) is 11.3 Å². The molecule has 0 aliphatic rings. The van der Waals surface area contributed by atoms with Crippen molar-refractivity contribution in [3.63, 3.8) is 0 Å². The molecule has 0 bridgehead atoms. The van der Waals surface area contributed by atoms with E-state index in [4.69, 9.17) is 0 Å². The van der Waals surface area contributed by atoms with E-state index in [0.717, 1.165) is 26.9 Å². The third kappa shape index (κ3) is 2.60. The summed E-state index contributed by atoms with van der Waals surface area (Å²) in [7, 11) is 3.72. The van der Waals surface area contributed by atoms with Crippen LogP contribution in [0.25, 0.3) is 21.4 Å². The molecular formula is C17H16N6OS. The number of nitrogens with one attached hydrogen (secondary N) is 2. The van der Waals surface area contributed by atoms with Crippen LogP contribution in [-0.4, -0.2) is 32.5 Å². The van der Waals surface area contributed by atoms with Crippen molar-refractivity contribution in [2.24, 2.45) is 7.05 Å². The minimum absolute atomic E-state index is 0.186. The molecule has 1 aromatic carbocycles. The Morgan fingerprint density at radius 3 is 2.64 bits per heavy atom. The van der Waals surface area contributed by atoms with Crippen LogP contribution in [0.1, 0.15) is 15.9 Å². The molecule has 0 radical (unpaired) electrons. The van der Waals surface area contributed by atoms with Gasteiger partial charge in [0.15, 0.2) is 10.9 Å². The number of hydrogen-bond donors (Lipinski definition) is 2. The van der Waals surface area contributed by atoms with Gasteiger partial charge in [0.2, 0.25) is 0 Å². The van der Waals surface area contributed by atoms with Gasteiger partial charge in [0.1, 0.15) is 21.4 Å². The van der Waals surface area contributed by atoms with E-state index in [9.17, 15) is 4.79 Å². The largest absolute Gasteiger partial charge is 0.371 e. The third-order valence-corrected chi connectivity index (χ3v) is 4.84. The van der Waals surface area contributed by atoms with Crippen LogP contribution < -0.4 is 10.6 Å². The van der Waals surface area contributed by atoms with E-state index in [1.807, 2.05) is 37.7 Å². The fourth-order valence-electron chi connectivity index (χ4n) is 2.68. The number of imidazole rings is 1. The maximum Gasteiger partial charge on any atom is 0.257 e. The van der Waals surface area contributed by atoms with Crippen LogP contribution in [0.5, 0.6) is 0 Å². The van der Waals surface area contributed by atoms with Gasteiger partial charge >= 0.3 is 0 Å². The molecular weight excluding hydrogens is 336 g/mol. The second kappa shape index (κ2) is 5.82. The quantitative estimate of drug-likeness (QED) is 0.591. The number of thiazole rings is 1. The zero-order chi connectivity index (χ0) is 17.6. The van der Waals surface area contributed by atoms with Crippen molar-refractivity contribution >= 4 is 49.6 Å². The first-order valence-corrected chi connectivity index (χ1v) is 8.56. The van der Waals surface area contributed by atoms with Crippen LogP contribution in [0.4, 0.5) is 10.9 Å². The van der Waals surface area contributed by atoms with Gasteiger partial charge in [0, 0.05) is 19.7 Å². The molecule has 1 amide bonds. The topological polar surface area (TPSA) is 84.7 Å². The van der Waals surface area contributed by atoms with Gasteiger partial charge in [-0.1, -0.05) is 29.0 Å². The van der Waals surface area contributed by atoms with E-state index in [0.29, 0.717) is 16.5 Å². The molecule has 4 aromatic rings. The normalized spacial score (nSPS) is 11.2. The molecule has 0 fully saturated rings. The highest BCUT2D eigenvalue weighted by atomic mass is 32.1. The molecule has 0 spiro atoms. The molecule has 126 valence electrons. The number of aryl methyl sites for hydroxylation is 2. The molecule has 4 rings (SSSR count). The Labute approximate surface area is 147 Å². The van der Waals surface area contributed by atoms with E-state index in [-0.39, 0.29) is 5.91 Å². The Balaban J connectivity index is 1.76. The summed E-state index contributed by atoms with van der Waals surface area (Å²) in [6.45, 7) is 1.99. The number of pyridine rings is 1. The lowest BCUT2D eigenvalue weighted by molar-refractivity contribution is 0.102. The smallest absolute Gasteiger partial charge is 0.257 e. The van der Waals surface area contributed by atoms with Gasteiger partial charge in [-0.05, 0) is 19.1 Å². The number of amides is 1. The number of nitrogens with zero attached hydrogens (tertiary/aromatic N) is 4. The Hall–Kier alpha value is -3.00. The molecule has 0 saturated heterocycles. The molecule has 0 unspecified atom stereocenters. The summed E-state index contributed by atoms with van der Waals surface area (Å²) >= 11 is 1.34. The summed E-state index contributed by atoms with van der Waals surface area (Å²) in [5.74, 6) is 0.511. The van der Waals surface area contributed by atoms with E-state index in [1.54, 1.807) is 18.5 Å². The average Bonchev–Trinajstić information content (AvgIpc) is 3.17. The number of anilines is 2. The van der Waals surface area contributed by atoms with Crippen LogP contribution in [-0.2, 0) is 7.05 Å². The second-order valence-corrected chi connectivity index (χ2v) is 6.73. The highest BCUT2D eigenvalue weighted by molar-refractivity contribution is 7.22. The number of benzene rings is 1. The second-order valence-electron chi connectivity index (χ2n) is 5.76. The van der Waals surface area contributed by atoms with E-state index >= 15 is 0 Å². The average molecular weight is 352 g/mol. The standard InChI is InChI=1S/C17H16N6OS/c1-9-4-6-10(7-5-9)15(24)22-17-20-12-13-11(19-8-23(13)3)14(18-2)21-16(12)25-17/h4-8H,1-3H3,(H,18,21)(H,20,22,24). The molecule has 8 heteroatoms. The zero-order valence-corrected chi connectivity index (χ0v) is 14.8. The first-order chi connectivity index (χ1) is 12.1. The fraction of sp³-hybridized carbons (Fsp3) is 0.176. The van der Waals surface area contributed by atoms with Gasteiger partial charge < -0.3 is 9.88 Å². The van der Waals surface area contributed by atoms with Crippen molar-refractivity contribution in [2.45, 2.75) is 6.92 Å². The van der Waals surface area contributed by atoms with Crippen LogP contribution in [0.15, 0.2) is 30.6 Å². The number of carbonyl (C=O) groups excluding carboxylic acids is 1. The first kappa shape index (κ1) is 15.5. The Morgan fingerprint density at radius 1 is 1.16 bits per heavy atom. The summed E-state index contributed by atoms with van der Waals surface area (Å²) in [6.07, 6.45) is 1.73. The molecule has 25 heavy (non-hydrogen) atoms. The lowest BCUT2D eigenvalue weighted by Crippen LogP contribution is -2.11. The summed E-state index contributed by atoms with van der Waals surface area (Å²) in [4.78, 5) is 26.7. The predicted molar refractivity (Wildman–Crippen MR) is 100 cm³/mol. The summed E-state index contributed by atoms with van der Waals surface area (Å²) in [5, 5.41) is 6.44. The lowest BCUT2D eigenvalue weighted by Gasteiger charge is -2.01. The Kier molecular flexibility index (Phi) is 3.61. The molecule has 3 aromatic heterocycles. The summed E-state index contributed by atoms with van der Waals surface area (Å²) in [6, 6.07) is 7.42. The van der Waals surface area contributed by atoms with Gasteiger partial charge in [-0.25, -0.2) is 15.0 Å². The predicted octanol–water partition coefficient (Wildman–Crippen LogP) is 3.18. The van der Waals surface area contributed by atoms with Crippen LogP contribution in [0, 0.1) is 6.92 Å². The summed E-state index contributed by atoms with van der Waals surface area (Å²) in [5.41, 5.74) is 4.09. The molecule has 3 heterocycles. The maximum absolute atomic E-state index is 12.4. The third-order valence-electron chi connectivity index (χ3n) is 3.98. The van der Waals surface area contributed by atoms with Crippen LogP contribution in [0.3, 0.4) is 0 Å². The van der Waals surface area contributed by atoms with Crippen molar-refractivity contribution < 1.29 is 4.79 Å². The lowest BCUT2D eigenvalue weighted by atomic mass is 10.1. The van der Waals surface area contributed by atoms with Gasteiger partial charge in [-0.2, -0.15) is 0 Å². The van der Waals surface area contributed by atoms with E-state index in [2.05, 4.69) is 25.6 Å². The SMILES string of the molecule is CNc1nc2sc(NC(=O)c3ccc(C)cc3)nc2c2c1ncn2C. The van der Waals surface area contributed by atoms with Gasteiger partial charge in [0.05, 0.1) is 6.33 Å². The van der Waals surface area contributed by atoms with Crippen molar-refractivity contribution in [3.05, 3.63) is 41.7 Å². The van der Waals surface area contributed by atoms with Gasteiger partial charge in [0.25, 0.3) is 5.91 Å². The maximum atomic E-state index is 12.4. The van der Waals surface area contributed by atoms with Crippen molar-refractivity contribution in [2.75, 3.05) is 17.7 Å². The van der Waals surface area contributed by atoms with Gasteiger partial charge in [-0.15, -0.1) is 0 Å². The van der Waals surface area contributed by atoms with E-state index < -0.39 is 0 Å². The number of fused-ring (bicyclic) bond motifs is 3. The Morgan fingerprint density at radius 2 is 1.92 bits per heavy atom.